The van der Waals surface area contributed by atoms with Crippen LogP contribution in [0.1, 0.15) is 11.1 Å². The van der Waals surface area contributed by atoms with Crippen molar-refractivity contribution in [3.05, 3.63) is 52.5 Å². The minimum atomic E-state index is -0.132. The minimum Gasteiger partial charge on any atom is -0.495 e. The van der Waals surface area contributed by atoms with E-state index in [1.807, 2.05) is 25.8 Å². The summed E-state index contributed by atoms with van der Waals surface area (Å²) in [5.74, 6) is 0.448. The van der Waals surface area contributed by atoms with E-state index >= 15 is 0 Å². The molecule has 0 aliphatic carbocycles. The highest BCUT2D eigenvalue weighted by molar-refractivity contribution is 6.31. The maximum atomic E-state index is 12.3. The van der Waals surface area contributed by atoms with Gasteiger partial charge in [0.2, 0.25) is 5.91 Å². The van der Waals surface area contributed by atoms with Crippen molar-refractivity contribution in [2.75, 3.05) is 30.9 Å². The van der Waals surface area contributed by atoms with Gasteiger partial charge in [-0.2, -0.15) is 0 Å². The summed E-state index contributed by atoms with van der Waals surface area (Å²) in [6.07, 6.45) is 0. The average molecular weight is 333 g/mol. The zero-order chi connectivity index (χ0) is 17.0. The van der Waals surface area contributed by atoms with Crippen LogP contribution in [0.15, 0.2) is 36.4 Å². The first-order valence-corrected chi connectivity index (χ1v) is 7.69. The van der Waals surface area contributed by atoms with Gasteiger partial charge in [-0.1, -0.05) is 17.7 Å². The van der Waals surface area contributed by atoms with Crippen LogP contribution in [0.4, 0.5) is 11.4 Å². The fraction of sp³-hybridized carbons (Fsp3) is 0.278. The molecule has 122 valence electrons. The highest BCUT2D eigenvalue weighted by atomic mass is 35.5. The normalized spacial score (nSPS) is 10.3. The predicted molar refractivity (Wildman–Crippen MR) is 95.8 cm³/mol. The van der Waals surface area contributed by atoms with Crippen molar-refractivity contribution in [1.82, 2.24) is 0 Å². The van der Waals surface area contributed by atoms with Crippen LogP contribution < -0.4 is 15.0 Å². The van der Waals surface area contributed by atoms with Crippen LogP contribution in [0.5, 0.6) is 5.75 Å². The molecule has 23 heavy (non-hydrogen) atoms. The highest BCUT2D eigenvalue weighted by Gasteiger charge is 2.11. The molecule has 0 saturated heterocycles. The number of ether oxygens (including phenoxy) is 1. The van der Waals surface area contributed by atoms with Crippen LogP contribution in [0, 0.1) is 13.8 Å². The van der Waals surface area contributed by atoms with Gasteiger partial charge < -0.3 is 15.0 Å². The monoisotopic (exact) mass is 332 g/mol. The quantitative estimate of drug-likeness (QED) is 0.898. The topological polar surface area (TPSA) is 41.6 Å². The molecule has 1 amide bonds. The molecule has 2 aromatic rings. The van der Waals surface area contributed by atoms with Crippen LogP contribution in [0.2, 0.25) is 5.02 Å². The smallest absolute Gasteiger partial charge is 0.243 e. The largest absolute Gasteiger partial charge is 0.495 e. The minimum absolute atomic E-state index is 0.132. The Morgan fingerprint density at radius 2 is 1.83 bits per heavy atom. The van der Waals surface area contributed by atoms with Crippen LogP contribution in [-0.4, -0.2) is 26.6 Å². The predicted octanol–water partition coefficient (Wildman–Crippen LogP) is 4.04. The second-order valence-electron chi connectivity index (χ2n) is 5.59. The lowest BCUT2D eigenvalue weighted by molar-refractivity contribution is -0.114. The molecule has 0 spiro atoms. The molecule has 1 N–H and O–H groups in total. The van der Waals surface area contributed by atoms with Crippen molar-refractivity contribution in [1.29, 1.82) is 0 Å². The molecule has 0 aliphatic rings. The first-order chi connectivity index (χ1) is 10.9. The number of amides is 1. The number of benzene rings is 2. The number of halogens is 1. The zero-order valence-corrected chi connectivity index (χ0v) is 14.6. The van der Waals surface area contributed by atoms with Gasteiger partial charge in [-0.25, -0.2) is 0 Å². The van der Waals surface area contributed by atoms with E-state index in [1.165, 1.54) is 11.1 Å². The van der Waals surface area contributed by atoms with Crippen LogP contribution >= 0.6 is 11.6 Å². The third-order valence-electron chi connectivity index (χ3n) is 3.46. The number of methoxy groups -OCH3 is 1. The molecule has 0 unspecified atom stereocenters. The Bertz CT molecular complexity index is 696. The molecular weight excluding hydrogens is 312 g/mol. The molecule has 0 atom stereocenters. The van der Waals surface area contributed by atoms with E-state index in [4.69, 9.17) is 16.3 Å². The Kier molecular flexibility index (Phi) is 5.50. The van der Waals surface area contributed by atoms with Gasteiger partial charge in [0.15, 0.2) is 0 Å². The molecule has 0 heterocycles. The average Bonchev–Trinajstić information content (AvgIpc) is 2.46. The van der Waals surface area contributed by atoms with Gasteiger partial charge in [0.05, 0.1) is 19.3 Å². The van der Waals surface area contributed by atoms with Crippen LogP contribution in [0.3, 0.4) is 0 Å². The van der Waals surface area contributed by atoms with Crippen molar-refractivity contribution >= 4 is 28.9 Å². The third-order valence-corrected chi connectivity index (χ3v) is 3.70. The van der Waals surface area contributed by atoms with Gasteiger partial charge in [-0.05, 0) is 55.3 Å². The van der Waals surface area contributed by atoms with Crippen molar-refractivity contribution in [3.8, 4) is 5.75 Å². The van der Waals surface area contributed by atoms with Crippen molar-refractivity contribution < 1.29 is 9.53 Å². The molecule has 0 fully saturated rings. The standard InChI is InChI=1S/C18H21ClN2O2/c1-12-7-13(2)9-15(8-12)21(3)11-18(22)20-16-10-14(19)5-6-17(16)23-4/h5-10H,11H2,1-4H3,(H,20,22). The van der Waals surface area contributed by atoms with Gasteiger partial charge in [0, 0.05) is 17.8 Å². The molecule has 0 aliphatic heterocycles. The summed E-state index contributed by atoms with van der Waals surface area (Å²) in [4.78, 5) is 14.2. The molecule has 0 aromatic heterocycles. The number of rotatable bonds is 5. The summed E-state index contributed by atoms with van der Waals surface area (Å²) in [5.41, 5.74) is 3.92. The maximum absolute atomic E-state index is 12.3. The summed E-state index contributed by atoms with van der Waals surface area (Å²) in [5, 5.41) is 3.39. The highest BCUT2D eigenvalue weighted by Crippen LogP contribution is 2.27. The zero-order valence-electron chi connectivity index (χ0n) is 13.8. The Hall–Kier alpha value is -2.20. The molecule has 2 rings (SSSR count). The molecule has 0 radical (unpaired) electrons. The van der Waals surface area contributed by atoms with Gasteiger partial charge in [0.25, 0.3) is 0 Å². The maximum Gasteiger partial charge on any atom is 0.243 e. The number of nitrogens with zero attached hydrogens (tertiary/aromatic N) is 1. The number of likely N-dealkylation sites (N-methyl/N-ethyl adjacent to an activating group) is 1. The summed E-state index contributed by atoms with van der Waals surface area (Å²) in [6.45, 7) is 4.32. The molecule has 0 saturated carbocycles. The van der Waals surface area contributed by atoms with Gasteiger partial charge >= 0.3 is 0 Å². The summed E-state index contributed by atoms with van der Waals surface area (Å²) >= 11 is 5.98. The van der Waals surface area contributed by atoms with E-state index in [9.17, 15) is 4.79 Å². The van der Waals surface area contributed by atoms with Crippen molar-refractivity contribution in [2.45, 2.75) is 13.8 Å². The Balaban J connectivity index is 2.08. The fourth-order valence-corrected chi connectivity index (χ4v) is 2.62. The SMILES string of the molecule is COc1ccc(Cl)cc1NC(=O)CN(C)c1cc(C)cc(C)c1. The summed E-state index contributed by atoms with van der Waals surface area (Å²) in [7, 11) is 3.45. The van der Waals surface area contributed by atoms with Crippen LogP contribution in [-0.2, 0) is 4.79 Å². The van der Waals surface area contributed by atoms with Gasteiger partial charge in [-0.3, -0.25) is 4.79 Å². The van der Waals surface area contributed by atoms with Gasteiger partial charge in [-0.15, -0.1) is 0 Å². The third kappa shape index (κ3) is 4.63. The van der Waals surface area contributed by atoms with E-state index in [0.29, 0.717) is 16.5 Å². The second kappa shape index (κ2) is 7.38. The molecule has 2 aromatic carbocycles. The number of nitrogens with one attached hydrogen (secondary N) is 1. The molecular formula is C18H21ClN2O2. The Morgan fingerprint density at radius 1 is 1.17 bits per heavy atom. The van der Waals surface area contributed by atoms with E-state index in [0.717, 1.165) is 5.69 Å². The van der Waals surface area contributed by atoms with E-state index in [1.54, 1.807) is 25.3 Å². The lowest BCUT2D eigenvalue weighted by atomic mass is 10.1. The van der Waals surface area contributed by atoms with Crippen LogP contribution in [0.25, 0.3) is 0 Å². The van der Waals surface area contributed by atoms with E-state index in [-0.39, 0.29) is 12.5 Å². The lowest BCUT2D eigenvalue weighted by Gasteiger charge is -2.20. The van der Waals surface area contributed by atoms with Crippen molar-refractivity contribution in [3.63, 3.8) is 0 Å². The van der Waals surface area contributed by atoms with E-state index in [2.05, 4.69) is 23.5 Å². The Labute approximate surface area is 142 Å². The summed E-state index contributed by atoms with van der Waals surface area (Å²) in [6, 6.07) is 11.3. The number of hydrogen-bond donors (Lipinski definition) is 1. The fourth-order valence-electron chi connectivity index (χ4n) is 2.45. The van der Waals surface area contributed by atoms with Gasteiger partial charge in [0.1, 0.15) is 5.75 Å². The number of hydrogen-bond acceptors (Lipinski definition) is 3. The van der Waals surface area contributed by atoms with Crippen molar-refractivity contribution in [2.24, 2.45) is 0 Å². The Morgan fingerprint density at radius 3 is 2.43 bits per heavy atom. The second-order valence-corrected chi connectivity index (χ2v) is 6.03. The molecule has 0 bridgehead atoms. The lowest BCUT2D eigenvalue weighted by Crippen LogP contribution is -2.30. The molecule has 5 heteroatoms. The summed E-state index contributed by atoms with van der Waals surface area (Å²) < 4.78 is 5.24. The first-order valence-electron chi connectivity index (χ1n) is 7.32. The number of carbonyl (C=O) groups excluding carboxylic acids is 1. The first kappa shape index (κ1) is 17.2. The number of anilines is 2. The number of carbonyl (C=O) groups is 1. The number of aryl methyl sites for hydroxylation is 2. The van der Waals surface area contributed by atoms with E-state index < -0.39 is 0 Å². The molecule has 4 nitrogen and oxygen atoms in total.